The Kier molecular flexibility index (Phi) is 37.7. The van der Waals surface area contributed by atoms with E-state index < -0.39 is 24.2 Å². The summed E-state index contributed by atoms with van der Waals surface area (Å²) in [6.45, 7) is 4.15. The van der Waals surface area contributed by atoms with Crippen LogP contribution in [0.2, 0.25) is 0 Å². The molecule has 0 rings (SSSR count). The summed E-state index contributed by atoms with van der Waals surface area (Å²) < 4.78 is 0. The molecule has 48 heavy (non-hydrogen) atoms. The third kappa shape index (κ3) is 33.3. The summed E-state index contributed by atoms with van der Waals surface area (Å²) in [5, 5.41) is 32.9. The molecule has 0 spiro atoms. The number of amides is 1. The predicted molar refractivity (Wildman–Crippen MR) is 208 cm³/mol. The quantitative estimate of drug-likeness (QED) is 0.0387. The van der Waals surface area contributed by atoms with Gasteiger partial charge in [0.2, 0.25) is 5.91 Å². The lowest BCUT2D eigenvalue weighted by molar-refractivity contribution is -0.131. The van der Waals surface area contributed by atoms with Gasteiger partial charge in [0, 0.05) is 0 Å². The third-order valence-electron chi connectivity index (χ3n) is 9.79. The van der Waals surface area contributed by atoms with Gasteiger partial charge in [0.25, 0.3) is 0 Å². The molecular weight excluding hydrogens is 594 g/mol. The maximum atomic E-state index is 12.4. The summed E-state index contributed by atoms with van der Waals surface area (Å²) in [5.41, 5.74) is 0. The zero-order chi connectivity index (χ0) is 35.2. The number of aliphatic hydroxyl groups is 3. The highest BCUT2D eigenvalue weighted by Gasteiger charge is 2.22. The van der Waals surface area contributed by atoms with E-state index in [1.807, 2.05) is 6.08 Å². The second-order valence-electron chi connectivity index (χ2n) is 14.6. The molecule has 284 valence electrons. The lowest BCUT2D eigenvalue weighted by Gasteiger charge is -2.21. The number of allylic oxidation sites excluding steroid dienone is 3. The highest BCUT2D eigenvalue weighted by molar-refractivity contribution is 5.80. The molecule has 0 aromatic carbocycles. The number of rotatable bonds is 38. The first-order valence-corrected chi connectivity index (χ1v) is 21.2. The summed E-state index contributed by atoms with van der Waals surface area (Å²) in [6.07, 6.45) is 46.5. The molecule has 0 heterocycles. The van der Waals surface area contributed by atoms with Crippen LogP contribution in [0.25, 0.3) is 0 Å². The van der Waals surface area contributed by atoms with Crippen molar-refractivity contribution in [3.63, 3.8) is 0 Å². The van der Waals surface area contributed by atoms with Crippen LogP contribution in [0, 0.1) is 0 Å². The minimum absolute atomic E-state index is 0.363. The molecule has 0 aromatic rings. The molecular formula is C43H83NO4. The molecule has 3 atom stereocenters. The molecule has 0 fully saturated rings. The van der Waals surface area contributed by atoms with E-state index in [4.69, 9.17) is 0 Å². The normalized spacial score (nSPS) is 13.9. The average molecular weight is 678 g/mol. The molecule has 0 aliphatic heterocycles. The van der Waals surface area contributed by atoms with Crippen LogP contribution in [0.15, 0.2) is 24.3 Å². The van der Waals surface area contributed by atoms with E-state index in [0.717, 1.165) is 32.1 Å². The smallest absolute Gasteiger partial charge is 0.249 e. The number of hydrogen-bond acceptors (Lipinski definition) is 4. The largest absolute Gasteiger partial charge is 0.394 e. The van der Waals surface area contributed by atoms with Gasteiger partial charge in [0.05, 0.1) is 18.8 Å². The predicted octanol–water partition coefficient (Wildman–Crippen LogP) is 11.8. The monoisotopic (exact) mass is 678 g/mol. The first-order chi connectivity index (χ1) is 23.6. The minimum atomic E-state index is -1.10. The Balaban J connectivity index is 3.58. The summed E-state index contributed by atoms with van der Waals surface area (Å²) in [4.78, 5) is 12.4. The number of nitrogens with one attached hydrogen (secondary N) is 1. The molecule has 3 unspecified atom stereocenters. The van der Waals surface area contributed by atoms with Crippen molar-refractivity contribution in [1.82, 2.24) is 5.32 Å². The Morgan fingerprint density at radius 3 is 1.21 bits per heavy atom. The van der Waals surface area contributed by atoms with E-state index in [1.54, 1.807) is 6.08 Å². The molecule has 0 aliphatic carbocycles. The number of carbonyl (C=O) groups excluding carboxylic acids is 1. The first-order valence-electron chi connectivity index (χ1n) is 21.2. The zero-order valence-corrected chi connectivity index (χ0v) is 32.1. The SMILES string of the molecule is CCCCCCCCC/C=C/C(O)C(CO)NC(=O)C(O)CCCCCCCCCCC/C=C\CCCCCCCCCCCCCC. The fourth-order valence-electron chi connectivity index (χ4n) is 6.41. The van der Waals surface area contributed by atoms with Crippen LogP contribution in [-0.2, 0) is 4.79 Å². The Bertz CT molecular complexity index is 709. The van der Waals surface area contributed by atoms with Crippen molar-refractivity contribution in [1.29, 1.82) is 0 Å². The van der Waals surface area contributed by atoms with Crippen molar-refractivity contribution >= 4 is 5.91 Å². The topological polar surface area (TPSA) is 89.8 Å². The molecule has 5 nitrogen and oxygen atoms in total. The Morgan fingerprint density at radius 2 is 0.833 bits per heavy atom. The van der Waals surface area contributed by atoms with Gasteiger partial charge < -0.3 is 20.6 Å². The van der Waals surface area contributed by atoms with Gasteiger partial charge in [-0.1, -0.05) is 199 Å². The fraction of sp³-hybridized carbons (Fsp3) is 0.884. The van der Waals surface area contributed by atoms with E-state index in [1.165, 1.54) is 167 Å². The maximum absolute atomic E-state index is 12.4. The summed E-state index contributed by atoms with van der Waals surface area (Å²) in [6, 6.07) is -0.794. The van der Waals surface area contributed by atoms with Crippen molar-refractivity contribution in [2.45, 2.75) is 238 Å². The van der Waals surface area contributed by atoms with Crippen molar-refractivity contribution in [2.24, 2.45) is 0 Å². The van der Waals surface area contributed by atoms with Gasteiger partial charge in [-0.2, -0.15) is 0 Å². The number of unbranched alkanes of at least 4 members (excludes halogenated alkanes) is 28. The van der Waals surface area contributed by atoms with E-state index in [-0.39, 0.29) is 6.61 Å². The van der Waals surface area contributed by atoms with Crippen LogP contribution in [-0.4, -0.2) is 46.1 Å². The van der Waals surface area contributed by atoms with Crippen molar-refractivity contribution in [3.05, 3.63) is 24.3 Å². The standard InChI is InChI=1S/C43H83NO4/c1-3-5-7-9-11-13-14-15-16-17-18-19-20-21-22-23-24-25-26-27-28-30-32-34-36-38-42(47)43(48)44-40(39-45)41(46)37-35-33-31-29-12-10-8-6-4-2/h21-22,35,37,40-42,45-47H,3-20,23-34,36,38-39H2,1-2H3,(H,44,48)/b22-21-,37-35+. The van der Waals surface area contributed by atoms with Crippen LogP contribution < -0.4 is 5.32 Å². The zero-order valence-electron chi connectivity index (χ0n) is 32.1. The van der Waals surface area contributed by atoms with Gasteiger partial charge in [0.15, 0.2) is 0 Å². The number of hydrogen-bond donors (Lipinski definition) is 4. The molecule has 0 radical (unpaired) electrons. The fourth-order valence-corrected chi connectivity index (χ4v) is 6.41. The maximum Gasteiger partial charge on any atom is 0.249 e. The summed E-state index contributed by atoms with van der Waals surface area (Å²) >= 11 is 0. The van der Waals surface area contributed by atoms with E-state index in [2.05, 4.69) is 31.3 Å². The molecule has 0 aliphatic rings. The third-order valence-corrected chi connectivity index (χ3v) is 9.79. The Labute approximate surface area is 299 Å². The van der Waals surface area contributed by atoms with Crippen LogP contribution in [0.3, 0.4) is 0 Å². The second kappa shape index (κ2) is 38.6. The van der Waals surface area contributed by atoms with Gasteiger partial charge in [-0.25, -0.2) is 0 Å². The molecule has 5 heteroatoms. The number of carbonyl (C=O) groups is 1. The van der Waals surface area contributed by atoms with Gasteiger partial charge in [-0.3, -0.25) is 4.79 Å². The second-order valence-corrected chi connectivity index (χ2v) is 14.6. The van der Waals surface area contributed by atoms with Gasteiger partial charge in [0.1, 0.15) is 6.10 Å². The molecule has 0 saturated carbocycles. The first kappa shape index (κ1) is 46.8. The molecule has 0 aromatic heterocycles. The van der Waals surface area contributed by atoms with Gasteiger partial charge in [-0.15, -0.1) is 0 Å². The Morgan fingerprint density at radius 1 is 0.500 bits per heavy atom. The van der Waals surface area contributed by atoms with Crippen LogP contribution in [0.4, 0.5) is 0 Å². The average Bonchev–Trinajstić information content (AvgIpc) is 3.09. The van der Waals surface area contributed by atoms with E-state index >= 15 is 0 Å². The number of aliphatic hydroxyl groups excluding tert-OH is 3. The molecule has 1 amide bonds. The highest BCUT2D eigenvalue weighted by atomic mass is 16.3. The van der Waals surface area contributed by atoms with Crippen LogP contribution >= 0.6 is 0 Å². The molecule has 0 bridgehead atoms. The summed E-state index contributed by atoms with van der Waals surface area (Å²) in [5.74, 6) is -0.507. The van der Waals surface area contributed by atoms with Crippen LogP contribution in [0.5, 0.6) is 0 Å². The van der Waals surface area contributed by atoms with Crippen molar-refractivity contribution in [2.75, 3.05) is 6.61 Å². The molecule has 4 N–H and O–H groups in total. The lowest BCUT2D eigenvalue weighted by Crippen LogP contribution is -2.48. The van der Waals surface area contributed by atoms with Crippen LogP contribution in [0.1, 0.15) is 219 Å². The summed E-state index contributed by atoms with van der Waals surface area (Å²) in [7, 11) is 0. The Hall–Kier alpha value is -1.17. The highest BCUT2D eigenvalue weighted by Crippen LogP contribution is 2.15. The van der Waals surface area contributed by atoms with Crippen molar-refractivity contribution < 1.29 is 20.1 Å². The minimum Gasteiger partial charge on any atom is -0.394 e. The van der Waals surface area contributed by atoms with E-state index in [0.29, 0.717) is 6.42 Å². The van der Waals surface area contributed by atoms with E-state index in [9.17, 15) is 20.1 Å². The van der Waals surface area contributed by atoms with Gasteiger partial charge >= 0.3 is 0 Å². The molecule has 0 saturated heterocycles. The van der Waals surface area contributed by atoms with Gasteiger partial charge in [-0.05, 0) is 44.9 Å². The lowest BCUT2D eigenvalue weighted by atomic mass is 10.0. The van der Waals surface area contributed by atoms with Crippen molar-refractivity contribution in [3.8, 4) is 0 Å².